The Labute approximate surface area is 142 Å². The molecule has 2 amide bonds. The largest absolute Gasteiger partial charge is 0.465 e. The van der Waals surface area contributed by atoms with Crippen LogP contribution in [0.15, 0.2) is 28.9 Å². The Balaban J connectivity index is 1.90. The molecule has 0 aliphatic heterocycles. The zero-order valence-corrected chi connectivity index (χ0v) is 14.6. The first-order valence-electron chi connectivity index (χ1n) is 8.29. The van der Waals surface area contributed by atoms with Crippen molar-refractivity contribution in [2.45, 2.75) is 57.6 Å². The van der Waals surface area contributed by atoms with Crippen molar-refractivity contribution < 1.29 is 18.7 Å². The number of furan rings is 1. The molecule has 6 nitrogen and oxygen atoms in total. The maximum atomic E-state index is 12.2. The lowest BCUT2D eigenvalue weighted by Crippen LogP contribution is -2.54. The van der Waals surface area contributed by atoms with Gasteiger partial charge < -0.3 is 19.8 Å². The van der Waals surface area contributed by atoms with Gasteiger partial charge in [-0.15, -0.1) is 0 Å². The molecule has 1 aromatic heterocycles. The molecule has 0 unspecified atom stereocenters. The summed E-state index contributed by atoms with van der Waals surface area (Å²) in [6.45, 7) is 5.82. The number of amides is 2. The minimum absolute atomic E-state index is 0.195. The molecule has 1 aliphatic carbocycles. The van der Waals surface area contributed by atoms with Crippen molar-refractivity contribution in [2.75, 3.05) is 6.54 Å². The van der Waals surface area contributed by atoms with E-state index in [0.717, 1.165) is 25.7 Å². The summed E-state index contributed by atoms with van der Waals surface area (Å²) >= 11 is 0. The molecule has 2 rings (SSSR count). The maximum Gasteiger partial charge on any atom is 0.407 e. The van der Waals surface area contributed by atoms with Gasteiger partial charge in [-0.2, -0.15) is 0 Å². The molecule has 0 aromatic carbocycles. The quantitative estimate of drug-likeness (QED) is 0.810. The van der Waals surface area contributed by atoms with Gasteiger partial charge in [0.2, 0.25) is 5.91 Å². The van der Waals surface area contributed by atoms with Crippen LogP contribution in [0.25, 0.3) is 6.08 Å². The van der Waals surface area contributed by atoms with Gasteiger partial charge in [-0.3, -0.25) is 4.79 Å². The van der Waals surface area contributed by atoms with Crippen LogP contribution in [-0.4, -0.2) is 29.7 Å². The fourth-order valence-electron chi connectivity index (χ4n) is 2.80. The Kier molecular flexibility index (Phi) is 5.70. The molecule has 0 saturated heterocycles. The van der Waals surface area contributed by atoms with Gasteiger partial charge in [0.1, 0.15) is 11.4 Å². The standard InChI is InChI=1S/C18H26N2O4/c1-17(2,3)24-16(22)19-13-18(10-4-5-11-18)20-15(21)9-8-14-7-6-12-23-14/h6-9,12H,4-5,10-11,13H2,1-3H3,(H,19,22)(H,20,21). The number of hydrogen-bond acceptors (Lipinski definition) is 4. The molecule has 0 bridgehead atoms. The summed E-state index contributed by atoms with van der Waals surface area (Å²) in [5.41, 5.74) is -0.955. The van der Waals surface area contributed by atoms with Crippen molar-refractivity contribution >= 4 is 18.1 Å². The van der Waals surface area contributed by atoms with Crippen LogP contribution in [0.1, 0.15) is 52.2 Å². The van der Waals surface area contributed by atoms with Crippen LogP contribution in [0.3, 0.4) is 0 Å². The number of carbonyl (C=O) groups is 2. The number of hydrogen-bond donors (Lipinski definition) is 2. The summed E-state index contributed by atoms with van der Waals surface area (Å²) in [6.07, 6.45) is 7.89. The molecule has 1 saturated carbocycles. The van der Waals surface area contributed by atoms with Crippen molar-refractivity contribution in [1.29, 1.82) is 0 Å². The predicted octanol–water partition coefficient (Wildman–Crippen LogP) is 3.25. The van der Waals surface area contributed by atoms with E-state index in [1.54, 1.807) is 24.5 Å². The predicted molar refractivity (Wildman–Crippen MR) is 91.3 cm³/mol. The van der Waals surface area contributed by atoms with Gasteiger partial charge in [0.05, 0.1) is 11.8 Å². The second kappa shape index (κ2) is 7.55. The third-order valence-corrected chi connectivity index (χ3v) is 3.86. The second-order valence-corrected chi connectivity index (χ2v) is 7.18. The highest BCUT2D eigenvalue weighted by molar-refractivity contribution is 5.92. The zero-order chi connectivity index (χ0) is 17.6. The fourth-order valence-corrected chi connectivity index (χ4v) is 2.80. The molecular weight excluding hydrogens is 308 g/mol. The summed E-state index contributed by atoms with van der Waals surface area (Å²) in [7, 11) is 0. The van der Waals surface area contributed by atoms with Gasteiger partial charge in [0.25, 0.3) is 0 Å². The molecule has 1 fully saturated rings. The minimum atomic E-state index is -0.540. The van der Waals surface area contributed by atoms with Crippen molar-refractivity contribution in [3.8, 4) is 0 Å². The molecule has 1 aliphatic rings. The monoisotopic (exact) mass is 334 g/mol. The number of nitrogens with one attached hydrogen (secondary N) is 2. The molecule has 6 heteroatoms. The van der Waals surface area contributed by atoms with Crippen molar-refractivity contribution in [1.82, 2.24) is 10.6 Å². The van der Waals surface area contributed by atoms with E-state index in [9.17, 15) is 9.59 Å². The summed E-state index contributed by atoms with van der Waals surface area (Å²) in [5.74, 6) is 0.428. The van der Waals surface area contributed by atoms with Gasteiger partial charge in [0.15, 0.2) is 0 Å². The van der Waals surface area contributed by atoms with Gasteiger partial charge in [0, 0.05) is 12.6 Å². The first-order valence-corrected chi connectivity index (χ1v) is 8.29. The van der Waals surface area contributed by atoms with E-state index < -0.39 is 17.2 Å². The fraction of sp³-hybridized carbons (Fsp3) is 0.556. The lowest BCUT2D eigenvalue weighted by Gasteiger charge is -2.30. The van der Waals surface area contributed by atoms with Gasteiger partial charge in [-0.05, 0) is 51.8 Å². The van der Waals surface area contributed by atoms with Gasteiger partial charge >= 0.3 is 6.09 Å². The molecular formula is C18H26N2O4. The van der Waals surface area contributed by atoms with E-state index in [0.29, 0.717) is 12.3 Å². The third kappa shape index (κ3) is 5.76. The summed E-state index contributed by atoms with van der Waals surface area (Å²) < 4.78 is 10.4. The molecule has 0 atom stereocenters. The van der Waals surface area contributed by atoms with Crippen LogP contribution < -0.4 is 10.6 Å². The Morgan fingerprint density at radius 3 is 2.62 bits per heavy atom. The number of ether oxygens (including phenoxy) is 1. The molecule has 0 radical (unpaired) electrons. The van der Waals surface area contributed by atoms with Crippen LogP contribution in [0, 0.1) is 0 Å². The SMILES string of the molecule is CC(C)(C)OC(=O)NCC1(NC(=O)C=Cc2ccco2)CCCC1. The van der Waals surface area contributed by atoms with Crippen LogP contribution >= 0.6 is 0 Å². The van der Waals surface area contributed by atoms with Crippen LogP contribution in [-0.2, 0) is 9.53 Å². The lowest BCUT2D eigenvalue weighted by atomic mass is 9.97. The Morgan fingerprint density at radius 2 is 2.04 bits per heavy atom. The summed E-state index contributed by atoms with van der Waals surface area (Å²) in [4.78, 5) is 24.0. The number of rotatable bonds is 5. The number of carbonyl (C=O) groups excluding carboxylic acids is 2. The zero-order valence-electron chi connectivity index (χ0n) is 14.6. The summed E-state index contributed by atoms with van der Waals surface area (Å²) in [6, 6.07) is 3.54. The van der Waals surface area contributed by atoms with E-state index in [-0.39, 0.29) is 5.91 Å². The van der Waals surface area contributed by atoms with Crippen molar-refractivity contribution in [3.63, 3.8) is 0 Å². The first kappa shape index (κ1) is 18.1. The normalized spacial score (nSPS) is 17.0. The van der Waals surface area contributed by atoms with Crippen LogP contribution in [0.5, 0.6) is 0 Å². The van der Waals surface area contributed by atoms with E-state index in [1.165, 1.54) is 6.08 Å². The maximum absolute atomic E-state index is 12.2. The van der Waals surface area contributed by atoms with Crippen LogP contribution in [0.2, 0.25) is 0 Å². The first-order chi connectivity index (χ1) is 11.3. The highest BCUT2D eigenvalue weighted by atomic mass is 16.6. The van der Waals surface area contributed by atoms with Crippen molar-refractivity contribution in [3.05, 3.63) is 30.2 Å². The van der Waals surface area contributed by atoms with E-state index >= 15 is 0 Å². The Morgan fingerprint density at radius 1 is 1.33 bits per heavy atom. The van der Waals surface area contributed by atoms with Crippen LogP contribution in [0.4, 0.5) is 4.79 Å². The Bertz CT molecular complexity index is 579. The minimum Gasteiger partial charge on any atom is -0.465 e. The summed E-state index contributed by atoms with van der Waals surface area (Å²) in [5, 5.41) is 5.81. The molecule has 24 heavy (non-hydrogen) atoms. The smallest absolute Gasteiger partial charge is 0.407 e. The molecule has 132 valence electrons. The Hall–Kier alpha value is -2.24. The lowest BCUT2D eigenvalue weighted by molar-refractivity contribution is -0.118. The second-order valence-electron chi connectivity index (χ2n) is 7.18. The number of alkyl carbamates (subject to hydrolysis) is 1. The van der Waals surface area contributed by atoms with Crippen molar-refractivity contribution in [2.24, 2.45) is 0 Å². The van der Waals surface area contributed by atoms with E-state index in [2.05, 4.69) is 10.6 Å². The molecule has 0 spiro atoms. The van der Waals surface area contributed by atoms with E-state index in [1.807, 2.05) is 20.8 Å². The molecule has 2 N–H and O–H groups in total. The van der Waals surface area contributed by atoms with Gasteiger partial charge in [-0.1, -0.05) is 12.8 Å². The average molecular weight is 334 g/mol. The topological polar surface area (TPSA) is 80.6 Å². The third-order valence-electron chi connectivity index (χ3n) is 3.86. The molecule has 1 aromatic rings. The van der Waals surface area contributed by atoms with E-state index in [4.69, 9.17) is 9.15 Å². The average Bonchev–Trinajstić information content (AvgIpc) is 3.13. The highest BCUT2D eigenvalue weighted by Crippen LogP contribution is 2.29. The molecule has 1 heterocycles. The highest BCUT2D eigenvalue weighted by Gasteiger charge is 2.35. The van der Waals surface area contributed by atoms with Gasteiger partial charge in [-0.25, -0.2) is 4.79 Å².